The van der Waals surface area contributed by atoms with E-state index >= 15 is 0 Å². The predicted molar refractivity (Wildman–Crippen MR) is 117 cm³/mol. The second-order valence-corrected chi connectivity index (χ2v) is 8.85. The zero-order valence-electron chi connectivity index (χ0n) is 18.0. The first-order valence-electron chi connectivity index (χ1n) is 10.2. The van der Waals surface area contributed by atoms with E-state index < -0.39 is 29.2 Å². The van der Waals surface area contributed by atoms with Crippen molar-refractivity contribution in [2.45, 2.75) is 19.6 Å². The van der Waals surface area contributed by atoms with Crippen molar-refractivity contribution < 1.29 is 28.2 Å². The first-order chi connectivity index (χ1) is 15.8. The number of halogens is 2. The van der Waals surface area contributed by atoms with Crippen molar-refractivity contribution in [2.24, 2.45) is 12.5 Å². The third-order valence-corrected chi connectivity index (χ3v) is 6.57. The fourth-order valence-electron chi connectivity index (χ4n) is 3.47. The minimum Gasteiger partial charge on any atom is -0.396 e. The minimum absolute atomic E-state index is 0.0106. The van der Waals surface area contributed by atoms with Gasteiger partial charge in [-0.15, -0.1) is 0 Å². The number of carbonyl (C=O) groups excluding carboxylic acids is 1. The van der Waals surface area contributed by atoms with E-state index in [1.165, 1.54) is 16.9 Å². The van der Waals surface area contributed by atoms with E-state index in [-0.39, 0.29) is 41.1 Å². The first-order valence-corrected chi connectivity index (χ1v) is 11.0. The van der Waals surface area contributed by atoms with Crippen LogP contribution in [0.25, 0.3) is 10.6 Å². The van der Waals surface area contributed by atoms with Crippen LogP contribution in [0.5, 0.6) is 0 Å². The van der Waals surface area contributed by atoms with Crippen LogP contribution >= 0.6 is 11.3 Å². The van der Waals surface area contributed by atoms with Gasteiger partial charge in [0.15, 0.2) is 5.69 Å². The van der Waals surface area contributed by atoms with Gasteiger partial charge in [-0.25, -0.2) is 13.8 Å². The largest absolute Gasteiger partial charge is 0.396 e. The van der Waals surface area contributed by atoms with E-state index in [4.69, 9.17) is 15.2 Å². The summed E-state index contributed by atoms with van der Waals surface area (Å²) < 4.78 is 41.4. The molecule has 12 heteroatoms. The molecule has 9 nitrogen and oxygen atoms in total. The molecule has 33 heavy (non-hydrogen) atoms. The number of anilines is 2. The average Bonchev–Trinajstić information content (AvgIpc) is 3.36. The molecule has 0 atom stereocenters. The maximum Gasteiger partial charge on any atom is 0.277 e. The van der Waals surface area contributed by atoms with Gasteiger partial charge in [0.25, 0.3) is 5.91 Å². The Kier molecular flexibility index (Phi) is 6.43. The van der Waals surface area contributed by atoms with Crippen LogP contribution in [0.15, 0.2) is 24.4 Å². The van der Waals surface area contributed by atoms with E-state index in [1.54, 1.807) is 7.05 Å². The minimum atomic E-state index is -0.810. The zero-order valence-corrected chi connectivity index (χ0v) is 18.8. The Morgan fingerprint density at radius 1 is 1.36 bits per heavy atom. The normalized spacial score (nSPS) is 20.7. The molecule has 4 N–H and O–H groups in total. The molecular formula is C21H23F2N5O4S. The van der Waals surface area contributed by atoms with Gasteiger partial charge in [0.1, 0.15) is 27.3 Å². The number of thiazole rings is 1. The van der Waals surface area contributed by atoms with Gasteiger partial charge >= 0.3 is 0 Å². The van der Waals surface area contributed by atoms with Crippen molar-refractivity contribution in [1.82, 2.24) is 14.8 Å². The molecule has 1 fully saturated rings. The van der Waals surface area contributed by atoms with Crippen molar-refractivity contribution in [1.29, 1.82) is 0 Å². The van der Waals surface area contributed by atoms with Crippen LogP contribution in [0.1, 0.15) is 35.8 Å². The summed E-state index contributed by atoms with van der Waals surface area (Å²) in [6.07, 6.45) is 1.29. The number of carbonyl (C=O) groups is 1. The number of aliphatic hydroxyl groups is 1. The van der Waals surface area contributed by atoms with Crippen LogP contribution in [0.2, 0.25) is 0 Å². The van der Waals surface area contributed by atoms with Crippen LogP contribution in [0.4, 0.5) is 19.5 Å². The smallest absolute Gasteiger partial charge is 0.277 e. The Hall–Kier alpha value is -2.93. The Balaban J connectivity index is 1.56. The molecule has 4 rings (SSSR count). The highest BCUT2D eigenvalue weighted by molar-refractivity contribution is 7.19. The van der Waals surface area contributed by atoms with Crippen molar-refractivity contribution in [3.8, 4) is 10.6 Å². The molecular weight excluding hydrogens is 456 g/mol. The van der Waals surface area contributed by atoms with Crippen LogP contribution in [-0.2, 0) is 16.5 Å². The Labute approximate surface area is 192 Å². The number of aliphatic hydroxyl groups excluding tert-OH is 1. The molecule has 2 aromatic heterocycles. The average molecular weight is 480 g/mol. The zero-order chi connectivity index (χ0) is 23.8. The molecule has 176 valence electrons. The molecule has 1 aliphatic rings. The van der Waals surface area contributed by atoms with Gasteiger partial charge in [-0.3, -0.25) is 9.48 Å². The van der Waals surface area contributed by atoms with E-state index in [1.807, 2.05) is 6.92 Å². The molecule has 1 saturated heterocycles. The lowest BCUT2D eigenvalue weighted by Crippen LogP contribution is -2.41. The monoisotopic (exact) mass is 479 g/mol. The van der Waals surface area contributed by atoms with Crippen LogP contribution in [0.3, 0.4) is 0 Å². The predicted octanol–water partition coefficient (Wildman–Crippen LogP) is 3.09. The maximum atomic E-state index is 14.1. The highest BCUT2D eigenvalue weighted by Crippen LogP contribution is 2.37. The van der Waals surface area contributed by atoms with Gasteiger partial charge in [-0.1, -0.05) is 24.3 Å². The number of hydrogen-bond donors (Lipinski definition) is 3. The van der Waals surface area contributed by atoms with E-state index in [0.717, 1.165) is 23.5 Å². The van der Waals surface area contributed by atoms with Gasteiger partial charge in [-0.2, -0.15) is 5.10 Å². The van der Waals surface area contributed by atoms with Gasteiger partial charge in [-0.05, 0) is 18.6 Å². The number of rotatable bonds is 6. The van der Waals surface area contributed by atoms with Crippen molar-refractivity contribution in [2.75, 3.05) is 30.9 Å². The van der Waals surface area contributed by atoms with Gasteiger partial charge in [0.05, 0.1) is 37.3 Å². The summed E-state index contributed by atoms with van der Waals surface area (Å²) in [6.45, 7) is 2.43. The summed E-state index contributed by atoms with van der Waals surface area (Å²) in [7, 11) is 1.67. The third kappa shape index (κ3) is 4.34. The van der Waals surface area contributed by atoms with Crippen molar-refractivity contribution >= 4 is 27.9 Å². The number of nitrogen functional groups attached to an aromatic ring is 1. The van der Waals surface area contributed by atoms with Gasteiger partial charge in [0, 0.05) is 12.5 Å². The molecule has 0 aliphatic carbocycles. The van der Waals surface area contributed by atoms with Gasteiger partial charge in [0.2, 0.25) is 6.29 Å². The standard InChI is InChI=1S/C21H23F2N5O4S/c1-3-21(8-29)9-31-20(32-10-21)16-13(7-25-28(16)2)26-18(30)15-17(24)33-19(27-15)14-11(22)5-4-6-12(14)23/h4-7,20,29H,3,8-10,24H2,1-2H3,(H,26,30)/t20-,21+. The Morgan fingerprint density at radius 3 is 2.64 bits per heavy atom. The molecule has 3 aromatic rings. The van der Waals surface area contributed by atoms with Crippen LogP contribution in [0, 0.1) is 17.0 Å². The molecule has 0 spiro atoms. The number of ether oxygens (including phenoxy) is 2. The molecule has 1 aromatic carbocycles. The SMILES string of the molecule is CC[C@]1(CO)CO[C@@H](c2c(NC(=O)c3nc(-c4c(F)cccc4F)sc3N)cnn2C)OC1. The third-order valence-electron chi connectivity index (χ3n) is 5.67. The quantitative estimate of drug-likeness (QED) is 0.496. The molecule has 1 aliphatic heterocycles. The fourth-order valence-corrected chi connectivity index (χ4v) is 4.35. The van der Waals surface area contributed by atoms with Crippen molar-refractivity contribution in [3.63, 3.8) is 0 Å². The summed E-state index contributed by atoms with van der Waals surface area (Å²) in [5.74, 6) is -2.28. The van der Waals surface area contributed by atoms with Crippen LogP contribution in [-0.4, -0.2) is 45.6 Å². The highest BCUT2D eigenvalue weighted by Gasteiger charge is 2.37. The highest BCUT2D eigenvalue weighted by atomic mass is 32.1. The van der Waals surface area contributed by atoms with Crippen molar-refractivity contribution in [3.05, 3.63) is 47.4 Å². The number of nitrogens with zero attached hydrogens (tertiary/aromatic N) is 3. The second-order valence-electron chi connectivity index (χ2n) is 7.82. The number of nitrogens with one attached hydrogen (secondary N) is 1. The topological polar surface area (TPSA) is 125 Å². The van der Waals surface area contributed by atoms with Crippen LogP contribution < -0.4 is 11.1 Å². The lowest BCUT2D eigenvalue weighted by Gasteiger charge is -2.38. The lowest BCUT2D eigenvalue weighted by atomic mass is 9.87. The molecule has 3 heterocycles. The summed E-state index contributed by atoms with van der Waals surface area (Å²) in [5.41, 5.74) is 5.72. The van der Waals surface area contributed by atoms with E-state index in [9.17, 15) is 18.7 Å². The Morgan fingerprint density at radius 2 is 2.03 bits per heavy atom. The molecule has 0 radical (unpaired) electrons. The number of aryl methyl sites for hydroxylation is 1. The van der Waals surface area contributed by atoms with E-state index in [2.05, 4.69) is 15.4 Å². The summed E-state index contributed by atoms with van der Waals surface area (Å²) in [6, 6.07) is 3.45. The number of hydrogen-bond acceptors (Lipinski definition) is 8. The number of benzene rings is 1. The molecule has 1 amide bonds. The number of aromatic nitrogens is 3. The van der Waals surface area contributed by atoms with Gasteiger partial charge < -0.3 is 25.6 Å². The lowest BCUT2D eigenvalue weighted by molar-refractivity contribution is -0.244. The molecule has 0 saturated carbocycles. The second kappa shape index (κ2) is 9.14. The number of nitrogens with two attached hydrogens (primary N) is 1. The summed E-state index contributed by atoms with van der Waals surface area (Å²) in [5, 5.41) is 16.5. The summed E-state index contributed by atoms with van der Waals surface area (Å²) >= 11 is 0.809. The Bertz CT molecular complexity index is 1150. The first kappa shape index (κ1) is 23.2. The maximum absolute atomic E-state index is 14.1. The fraction of sp³-hybridized carbons (Fsp3) is 0.381. The number of amides is 1. The molecule has 0 bridgehead atoms. The van der Waals surface area contributed by atoms with E-state index in [0.29, 0.717) is 17.8 Å². The summed E-state index contributed by atoms with van der Waals surface area (Å²) in [4.78, 5) is 17.0. The molecule has 0 unspecified atom stereocenters.